The van der Waals surface area contributed by atoms with E-state index in [2.05, 4.69) is 116 Å². The lowest BCUT2D eigenvalue weighted by Gasteiger charge is -2.26. The molecule has 2 heteroatoms. The van der Waals surface area contributed by atoms with Gasteiger partial charge in [-0.2, -0.15) is 5.26 Å². The first kappa shape index (κ1) is 22.6. The minimum absolute atomic E-state index is 0.630. The summed E-state index contributed by atoms with van der Waals surface area (Å²) in [5, 5.41) is 11.5. The highest BCUT2D eigenvalue weighted by Crippen LogP contribution is 2.52. The molecule has 8 rings (SSSR count). The minimum Gasteiger partial charge on any atom is -0.455 e. The molecule has 0 aliphatic heterocycles. The van der Waals surface area contributed by atoms with Crippen molar-refractivity contribution >= 4 is 21.9 Å². The largest absolute Gasteiger partial charge is 0.455 e. The van der Waals surface area contributed by atoms with Crippen LogP contribution in [0.15, 0.2) is 126 Å². The van der Waals surface area contributed by atoms with E-state index in [1.165, 1.54) is 50.1 Å². The number of nitriles is 1. The van der Waals surface area contributed by atoms with Crippen LogP contribution in [0.1, 0.15) is 11.1 Å². The fourth-order valence-corrected chi connectivity index (χ4v) is 6.49. The maximum Gasteiger partial charge on any atom is 0.143 e. The van der Waals surface area contributed by atoms with E-state index < -0.39 is 0 Å². The van der Waals surface area contributed by atoms with Crippen LogP contribution in [0.5, 0.6) is 0 Å². The van der Waals surface area contributed by atoms with Crippen molar-refractivity contribution in [3.05, 3.63) is 132 Å². The zero-order chi connectivity index (χ0) is 26.8. The number of aryl methyl sites for hydroxylation is 1. The molecule has 0 saturated heterocycles. The first-order chi connectivity index (χ1) is 19.7. The molecule has 0 spiro atoms. The van der Waals surface area contributed by atoms with Gasteiger partial charge < -0.3 is 4.42 Å². The topological polar surface area (TPSA) is 36.9 Å². The standard InChI is InChI=1S/C38H23NO/c1-23-9-6-14-28-26-11-3-5-13-29(26)37-30(25-10-2-4-12-27(25)36(23)28)15-7-16-31(37)32-17-8-18-33-34-21-24(22-39)19-20-35(34)40-38(32)33/h2-21H,1H3. The first-order valence-corrected chi connectivity index (χ1v) is 13.5. The van der Waals surface area contributed by atoms with E-state index in [-0.39, 0.29) is 0 Å². The summed E-state index contributed by atoms with van der Waals surface area (Å²) in [5.41, 5.74) is 15.5. The van der Waals surface area contributed by atoms with Gasteiger partial charge in [-0.15, -0.1) is 0 Å². The molecule has 40 heavy (non-hydrogen) atoms. The molecule has 1 aliphatic carbocycles. The quantitative estimate of drug-likeness (QED) is 0.221. The van der Waals surface area contributed by atoms with Crippen molar-refractivity contribution in [3.8, 4) is 61.7 Å². The Morgan fingerprint density at radius 1 is 0.500 bits per heavy atom. The van der Waals surface area contributed by atoms with Crippen LogP contribution in [-0.4, -0.2) is 0 Å². The van der Waals surface area contributed by atoms with Gasteiger partial charge >= 0.3 is 0 Å². The van der Waals surface area contributed by atoms with Crippen molar-refractivity contribution < 1.29 is 4.42 Å². The third-order valence-electron chi connectivity index (χ3n) is 8.23. The molecule has 0 radical (unpaired) electrons. The number of hydrogen-bond donors (Lipinski definition) is 0. The van der Waals surface area contributed by atoms with E-state index in [0.29, 0.717) is 5.56 Å². The number of para-hydroxylation sites is 1. The number of furan rings is 1. The van der Waals surface area contributed by atoms with E-state index in [1.807, 2.05) is 18.2 Å². The highest BCUT2D eigenvalue weighted by atomic mass is 16.3. The minimum atomic E-state index is 0.630. The van der Waals surface area contributed by atoms with Gasteiger partial charge in [-0.05, 0) is 80.8 Å². The van der Waals surface area contributed by atoms with Crippen molar-refractivity contribution in [1.29, 1.82) is 5.26 Å². The monoisotopic (exact) mass is 509 g/mol. The Bertz CT molecular complexity index is 2180. The second kappa shape index (κ2) is 8.56. The lowest BCUT2D eigenvalue weighted by atomic mass is 9.77. The predicted molar refractivity (Wildman–Crippen MR) is 164 cm³/mol. The summed E-state index contributed by atoms with van der Waals surface area (Å²) in [7, 11) is 0. The van der Waals surface area contributed by atoms with Crippen molar-refractivity contribution in [2.75, 3.05) is 0 Å². The Morgan fingerprint density at radius 3 is 1.77 bits per heavy atom. The molecule has 2 nitrogen and oxygen atoms in total. The summed E-state index contributed by atoms with van der Waals surface area (Å²) >= 11 is 0. The molecule has 0 amide bonds. The molecule has 6 aromatic carbocycles. The number of fused-ring (bicyclic) bond motifs is 11. The van der Waals surface area contributed by atoms with Gasteiger partial charge in [0.15, 0.2) is 0 Å². The molecule has 0 bridgehead atoms. The van der Waals surface area contributed by atoms with E-state index in [1.54, 1.807) is 0 Å². The van der Waals surface area contributed by atoms with Crippen LogP contribution in [-0.2, 0) is 0 Å². The summed E-state index contributed by atoms with van der Waals surface area (Å²) < 4.78 is 6.50. The molecule has 1 aliphatic rings. The molecule has 0 fully saturated rings. The molecular weight excluding hydrogens is 486 g/mol. The highest BCUT2D eigenvalue weighted by Gasteiger charge is 2.25. The molecule has 7 aromatic rings. The average molecular weight is 510 g/mol. The summed E-state index contributed by atoms with van der Waals surface area (Å²) in [6.45, 7) is 2.21. The number of hydrogen-bond acceptors (Lipinski definition) is 2. The Morgan fingerprint density at radius 2 is 1.05 bits per heavy atom. The average Bonchev–Trinajstić information content (AvgIpc) is 3.38. The van der Waals surface area contributed by atoms with Gasteiger partial charge in [-0.1, -0.05) is 103 Å². The van der Waals surface area contributed by atoms with Gasteiger partial charge in [0.2, 0.25) is 0 Å². The second-order valence-electron chi connectivity index (χ2n) is 10.4. The van der Waals surface area contributed by atoms with Crippen LogP contribution in [0, 0.1) is 18.3 Å². The van der Waals surface area contributed by atoms with Crippen LogP contribution in [0.3, 0.4) is 0 Å². The Kier molecular flexibility index (Phi) is 4.83. The van der Waals surface area contributed by atoms with Gasteiger partial charge in [0.25, 0.3) is 0 Å². The zero-order valence-corrected chi connectivity index (χ0v) is 21.9. The lowest BCUT2D eigenvalue weighted by molar-refractivity contribution is 0.670. The molecule has 0 saturated carbocycles. The van der Waals surface area contributed by atoms with Gasteiger partial charge in [-0.3, -0.25) is 0 Å². The van der Waals surface area contributed by atoms with Gasteiger partial charge in [0.1, 0.15) is 11.2 Å². The van der Waals surface area contributed by atoms with Crippen molar-refractivity contribution in [2.45, 2.75) is 6.92 Å². The molecule has 0 unspecified atom stereocenters. The maximum absolute atomic E-state index is 9.50. The Labute approximate surface area is 232 Å². The van der Waals surface area contributed by atoms with Gasteiger partial charge in [-0.25, -0.2) is 0 Å². The maximum atomic E-state index is 9.50. The summed E-state index contributed by atoms with van der Waals surface area (Å²) in [4.78, 5) is 0. The summed E-state index contributed by atoms with van der Waals surface area (Å²) in [6.07, 6.45) is 0. The van der Waals surface area contributed by atoms with Crippen LogP contribution < -0.4 is 0 Å². The summed E-state index contributed by atoms with van der Waals surface area (Å²) in [5.74, 6) is 0. The Balaban J connectivity index is 1.52. The fraction of sp³-hybridized carbons (Fsp3) is 0.0263. The van der Waals surface area contributed by atoms with Crippen LogP contribution in [0.25, 0.3) is 77.6 Å². The molecule has 0 N–H and O–H groups in total. The highest BCUT2D eigenvalue weighted by molar-refractivity contribution is 6.13. The molecule has 0 atom stereocenters. The Hall–Kier alpha value is -5.39. The van der Waals surface area contributed by atoms with Gasteiger partial charge in [0.05, 0.1) is 11.6 Å². The predicted octanol–water partition coefficient (Wildman–Crippen LogP) is 10.4. The fourth-order valence-electron chi connectivity index (χ4n) is 6.49. The van der Waals surface area contributed by atoms with Crippen molar-refractivity contribution in [1.82, 2.24) is 0 Å². The summed E-state index contributed by atoms with van der Waals surface area (Å²) in [6, 6.07) is 45.0. The molecule has 1 heterocycles. The second-order valence-corrected chi connectivity index (χ2v) is 10.4. The van der Waals surface area contributed by atoms with Crippen LogP contribution >= 0.6 is 0 Å². The van der Waals surface area contributed by atoms with Crippen LogP contribution in [0.4, 0.5) is 0 Å². The zero-order valence-electron chi connectivity index (χ0n) is 21.9. The van der Waals surface area contributed by atoms with E-state index in [9.17, 15) is 5.26 Å². The lowest BCUT2D eigenvalue weighted by Crippen LogP contribution is -2.00. The third kappa shape index (κ3) is 3.16. The SMILES string of the molecule is Cc1cccc2c1-c1ccccc1-c1cccc(-c3cccc4c3oc3ccc(C#N)cc34)c1-c1ccccc1-2. The van der Waals surface area contributed by atoms with Crippen LogP contribution in [0.2, 0.25) is 0 Å². The van der Waals surface area contributed by atoms with Crippen molar-refractivity contribution in [3.63, 3.8) is 0 Å². The van der Waals surface area contributed by atoms with E-state index >= 15 is 0 Å². The van der Waals surface area contributed by atoms with Crippen molar-refractivity contribution in [2.24, 2.45) is 0 Å². The molecule has 186 valence electrons. The third-order valence-corrected chi connectivity index (χ3v) is 8.23. The van der Waals surface area contributed by atoms with E-state index in [0.717, 1.165) is 33.1 Å². The molecular formula is C38H23NO. The molecule has 1 aromatic heterocycles. The number of rotatable bonds is 1. The normalized spacial score (nSPS) is 11.6. The van der Waals surface area contributed by atoms with E-state index in [4.69, 9.17) is 4.42 Å². The number of benzene rings is 6. The number of nitrogens with zero attached hydrogens (tertiary/aromatic N) is 1. The first-order valence-electron chi connectivity index (χ1n) is 13.5. The smallest absolute Gasteiger partial charge is 0.143 e. The van der Waals surface area contributed by atoms with Gasteiger partial charge in [0, 0.05) is 16.3 Å².